The van der Waals surface area contributed by atoms with Crippen LogP contribution >= 0.6 is 0 Å². The average Bonchev–Trinajstić information content (AvgIpc) is 2.84. The van der Waals surface area contributed by atoms with Crippen molar-refractivity contribution in [1.29, 1.82) is 0 Å². The quantitative estimate of drug-likeness (QED) is 0.256. The number of ether oxygens (including phenoxy) is 2. The fourth-order valence-corrected chi connectivity index (χ4v) is 3.66. The lowest BCUT2D eigenvalue weighted by Crippen LogP contribution is -2.46. The Labute approximate surface area is 197 Å². The van der Waals surface area contributed by atoms with E-state index >= 15 is 0 Å². The summed E-state index contributed by atoms with van der Waals surface area (Å²) in [5.74, 6) is 0.730. The molecule has 180 valence electrons. The summed E-state index contributed by atoms with van der Waals surface area (Å²) in [5.41, 5.74) is 7.40. The fourth-order valence-electron chi connectivity index (χ4n) is 3.66. The number of hydrogen-bond acceptors (Lipinski definition) is 8. The predicted molar refractivity (Wildman–Crippen MR) is 133 cm³/mol. The van der Waals surface area contributed by atoms with Gasteiger partial charge in [0.1, 0.15) is 6.29 Å². The Balaban J connectivity index is 1.74. The van der Waals surface area contributed by atoms with Gasteiger partial charge in [-0.25, -0.2) is 10.4 Å². The molecule has 1 aliphatic heterocycles. The summed E-state index contributed by atoms with van der Waals surface area (Å²) in [7, 11) is 0. The molecular formula is C25H37N5O3. The normalized spacial score (nSPS) is 14.2. The lowest BCUT2D eigenvalue weighted by atomic mass is 10.1. The number of rotatable bonds is 14. The number of aromatic nitrogens is 1. The van der Waals surface area contributed by atoms with Crippen molar-refractivity contribution in [2.45, 2.75) is 20.3 Å². The van der Waals surface area contributed by atoms with E-state index in [-0.39, 0.29) is 6.54 Å². The largest absolute Gasteiger partial charge is 0.380 e. The first kappa shape index (κ1) is 25.1. The van der Waals surface area contributed by atoms with E-state index < -0.39 is 0 Å². The first-order valence-electron chi connectivity index (χ1n) is 11.9. The molecule has 2 N–H and O–H groups in total. The SMILES string of the molecule is CCCOCCNc1nc(-c2ccc(C)cc2)ccc1N(CC=O)NCCN1CCOCC1. The van der Waals surface area contributed by atoms with Crippen LogP contribution in [0.25, 0.3) is 11.3 Å². The second-order valence-electron chi connectivity index (χ2n) is 8.11. The highest BCUT2D eigenvalue weighted by Crippen LogP contribution is 2.27. The van der Waals surface area contributed by atoms with Gasteiger partial charge in [-0.3, -0.25) is 9.91 Å². The molecule has 2 aromatic rings. The summed E-state index contributed by atoms with van der Waals surface area (Å²) in [6, 6.07) is 12.3. The van der Waals surface area contributed by atoms with Gasteiger partial charge in [0.05, 0.1) is 37.7 Å². The predicted octanol–water partition coefficient (Wildman–Crippen LogP) is 2.74. The second-order valence-corrected chi connectivity index (χ2v) is 8.11. The van der Waals surface area contributed by atoms with Crippen molar-refractivity contribution in [3.8, 4) is 11.3 Å². The zero-order valence-corrected chi connectivity index (χ0v) is 19.9. The lowest BCUT2D eigenvalue weighted by Gasteiger charge is -2.30. The standard InChI is InChI=1S/C25H37N5O3/c1-3-17-32-18-11-26-25-24(9-8-23(28-25)22-6-4-21(2)5-7-22)30(13-16-31)27-10-12-29-14-19-33-20-15-29/h4-9,16,27H,3,10-15,17-20H2,1-2H3,(H,26,28). The molecule has 1 aliphatic rings. The van der Waals surface area contributed by atoms with E-state index in [1.54, 1.807) is 0 Å². The van der Waals surface area contributed by atoms with Gasteiger partial charge in [-0.1, -0.05) is 36.8 Å². The van der Waals surface area contributed by atoms with Crippen LogP contribution in [0.2, 0.25) is 0 Å². The van der Waals surface area contributed by atoms with Crippen LogP contribution < -0.4 is 15.8 Å². The molecule has 1 aromatic carbocycles. The molecule has 0 unspecified atom stereocenters. The number of aldehydes is 1. The molecule has 0 saturated carbocycles. The van der Waals surface area contributed by atoms with E-state index in [2.05, 4.69) is 53.8 Å². The highest BCUT2D eigenvalue weighted by Gasteiger charge is 2.15. The average molecular weight is 456 g/mol. The lowest BCUT2D eigenvalue weighted by molar-refractivity contribution is -0.106. The molecule has 1 aromatic heterocycles. The molecule has 0 amide bonds. The van der Waals surface area contributed by atoms with Crippen molar-refractivity contribution in [2.24, 2.45) is 0 Å². The topological polar surface area (TPSA) is 79.0 Å². The molecule has 0 bridgehead atoms. The molecule has 0 atom stereocenters. The summed E-state index contributed by atoms with van der Waals surface area (Å²) >= 11 is 0. The molecule has 1 fully saturated rings. The number of hydrazine groups is 1. The number of nitrogens with one attached hydrogen (secondary N) is 2. The number of aryl methyl sites for hydroxylation is 1. The second kappa shape index (κ2) is 13.9. The minimum atomic E-state index is 0.232. The van der Waals surface area contributed by atoms with Crippen LogP contribution in [-0.2, 0) is 14.3 Å². The Kier molecular flexibility index (Phi) is 10.6. The molecule has 2 heterocycles. The molecule has 1 saturated heterocycles. The molecule has 0 aliphatic carbocycles. The summed E-state index contributed by atoms with van der Waals surface area (Å²) in [4.78, 5) is 18.7. The van der Waals surface area contributed by atoms with E-state index in [0.29, 0.717) is 13.2 Å². The number of nitrogens with zero attached hydrogens (tertiary/aromatic N) is 3. The third kappa shape index (κ3) is 8.08. The molecule has 3 rings (SSSR count). The Morgan fingerprint density at radius 1 is 1.12 bits per heavy atom. The van der Waals surface area contributed by atoms with Gasteiger partial charge in [0.2, 0.25) is 0 Å². The van der Waals surface area contributed by atoms with Gasteiger partial charge in [0.15, 0.2) is 5.82 Å². The number of carbonyl (C=O) groups excluding carboxylic acids is 1. The zero-order chi connectivity index (χ0) is 23.3. The third-order valence-corrected chi connectivity index (χ3v) is 5.49. The van der Waals surface area contributed by atoms with Crippen LogP contribution in [0.5, 0.6) is 0 Å². The van der Waals surface area contributed by atoms with Crippen molar-refractivity contribution >= 4 is 17.8 Å². The van der Waals surface area contributed by atoms with Crippen LogP contribution in [-0.4, -0.2) is 81.9 Å². The van der Waals surface area contributed by atoms with Gasteiger partial charge in [-0.05, 0) is 25.5 Å². The van der Waals surface area contributed by atoms with Crippen LogP contribution in [0.3, 0.4) is 0 Å². The number of hydrogen-bond donors (Lipinski definition) is 2. The molecule has 0 spiro atoms. The minimum absolute atomic E-state index is 0.232. The highest BCUT2D eigenvalue weighted by molar-refractivity contribution is 5.74. The van der Waals surface area contributed by atoms with Gasteiger partial charge >= 0.3 is 0 Å². The number of carbonyl (C=O) groups is 1. The van der Waals surface area contributed by atoms with Crippen molar-refractivity contribution in [2.75, 3.05) is 76.0 Å². The van der Waals surface area contributed by atoms with Crippen LogP contribution in [0, 0.1) is 6.92 Å². The van der Waals surface area contributed by atoms with Gasteiger partial charge in [0, 0.05) is 44.9 Å². The summed E-state index contributed by atoms with van der Waals surface area (Å²) < 4.78 is 11.0. The minimum Gasteiger partial charge on any atom is -0.380 e. The van der Waals surface area contributed by atoms with Gasteiger partial charge in [-0.2, -0.15) is 0 Å². The number of benzene rings is 1. The first-order valence-corrected chi connectivity index (χ1v) is 11.9. The smallest absolute Gasteiger partial charge is 0.151 e. The van der Waals surface area contributed by atoms with Crippen molar-refractivity contribution in [3.05, 3.63) is 42.0 Å². The molecule has 8 nitrogen and oxygen atoms in total. The Bertz CT molecular complexity index is 840. The fraction of sp³-hybridized carbons (Fsp3) is 0.520. The van der Waals surface area contributed by atoms with Crippen LogP contribution in [0.1, 0.15) is 18.9 Å². The van der Waals surface area contributed by atoms with Gasteiger partial charge < -0.3 is 19.6 Å². The maximum atomic E-state index is 11.4. The Hall–Kier alpha value is -2.52. The van der Waals surface area contributed by atoms with Crippen molar-refractivity contribution < 1.29 is 14.3 Å². The highest BCUT2D eigenvalue weighted by atomic mass is 16.5. The Morgan fingerprint density at radius 2 is 1.91 bits per heavy atom. The maximum Gasteiger partial charge on any atom is 0.151 e. The number of anilines is 2. The maximum absolute atomic E-state index is 11.4. The molecule has 0 radical (unpaired) electrons. The number of morpholine rings is 1. The van der Waals surface area contributed by atoms with E-state index in [9.17, 15) is 4.79 Å². The van der Waals surface area contributed by atoms with E-state index in [4.69, 9.17) is 14.5 Å². The van der Waals surface area contributed by atoms with Crippen molar-refractivity contribution in [3.63, 3.8) is 0 Å². The molecule has 33 heavy (non-hydrogen) atoms. The Morgan fingerprint density at radius 3 is 2.64 bits per heavy atom. The van der Waals surface area contributed by atoms with E-state index in [1.807, 2.05) is 17.1 Å². The van der Waals surface area contributed by atoms with Gasteiger partial charge in [0.25, 0.3) is 0 Å². The van der Waals surface area contributed by atoms with E-state index in [1.165, 1.54) is 5.56 Å². The summed E-state index contributed by atoms with van der Waals surface area (Å²) in [6.45, 7) is 11.4. The van der Waals surface area contributed by atoms with Gasteiger partial charge in [-0.15, -0.1) is 0 Å². The van der Waals surface area contributed by atoms with E-state index in [0.717, 1.165) is 81.5 Å². The summed E-state index contributed by atoms with van der Waals surface area (Å²) in [6.07, 6.45) is 1.90. The monoisotopic (exact) mass is 455 g/mol. The van der Waals surface area contributed by atoms with Crippen molar-refractivity contribution in [1.82, 2.24) is 15.3 Å². The first-order chi connectivity index (χ1) is 16.2. The van der Waals surface area contributed by atoms with Crippen LogP contribution in [0.4, 0.5) is 11.5 Å². The summed E-state index contributed by atoms with van der Waals surface area (Å²) in [5, 5.41) is 5.28. The number of pyridine rings is 1. The van der Waals surface area contributed by atoms with Crippen LogP contribution in [0.15, 0.2) is 36.4 Å². The third-order valence-electron chi connectivity index (χ3n) is 5.49. The molecule has 8 heteroatoms. The molecular weight excluding hydrogens is 418 g/mol. The zero-order valence-electron chi connectivity index (χ0n) is 19.9.